The Hall–Kier alpha value is -4.03. The lowest BCUT2D eigenvalue weighted by molar-refractivity contribution is -0.115. The second kappa shape index (κ2) is 12.1. The van der Waals surface area contributed by atoms with E-state index in [0.29, 0.717) is 23.5 Å². The van der Waals surface area contributed by atoms with Crippen molar-refractivity contribution in [3.63, 3.8) is 0 Å². The molecular weight excluding hydrogens is 468 g/mol. The molecule has 0 bridgehead atoms. The average Bonchev–Trinajstić information content (AvgIpc) is 2.89. The molecular formula is C30H28N2O3S. The summed E-state index contributed by atoms with van der Waals surface area (Å²) in [5, 5.41) is 5.48. The van der Waals surface area contributed by atoms with Gasteiger partial charge in [-0.25, -0.2) is 0 Å². The molecule has 4 aromatic rings. The number of anilines is 2. The molecule has 0 heterocycles. The number of benzene rings is 4. The van der Waals surface area contributed by atoms with Crippen LogP contribution in [0.1, 0.15) is 33.7 Å². The van der Waals surface area contributed by atoms with Crippen LogP contribution in [0.3, 0.4) is 0 Å². The Morgan fingerprint density at radius 3 is 2.22 bits per heavy atom. The Morgan fingerprint density at radius 1 is 0.806 bits per heavy atom. The number of rotatable bonds is 9. The third-order valence-electron chi connectivity index (χ3n) is 5.43. The van der Waals surface area contributed by atoms with Crippen LogP contribution < -0.4 is 15.4 Å². The number of aryl methyl sites for hydroxylation is 1. The lowest BCUT2D eigenvalue weighted by Gasteiger charge is -2.18. The number of nitrogens with one attached hydrogen (secondary N) is 2. The average molecular weight is 497 g/mol. The molecule has 1 unspecified atom stereocenters. The highest BCUT2D eigenvalue weighted by Gasteiger charge is 2.22. The summed E-state index contributed by atoms with van der Waals surface area (Å²) < 4.78 is 5.49. The fourth-order valence-electron chi connectivity index (χ4n) is 3.60. The molecule has 2 amide bonds. The minimum absolute atomic E-state index is 0.135. The van der Waals surface area contributed by atoms with Crippen molar-refractivity contribution in [3.05, 3.63) is 120 Å². The van der Waals surface area contributed by atoms with Gasteiger partial charge in [0, 0.05) is 21.8 Å². The van der Waals surface area contributed by atoms with Crippen molar-refractivity contribution in [2.45, 2.75) is 24.0 Å². The highest BCUT2D eigenvalue weighted by Crippen LogP contribution is 2.37. The fourth-order valence-corrected chi connectivity index (χ4v) is 4.68. The predicted molar refractivity (Wildman–Crippen MR) is 147 cm³/mol. The topological polar surface area (TPSA) is 67.4 Å². The van der Waals surface area contributed by atoms with E-state index in [9.17, 15) is 9.59 Å². The van der Waals surface area contributed by atoms with E-state index in [1.54, 1.807) is 12.1 Å². The standard InChI is InChI=1S/C30H28N2O3S/c1-3-35-26-18-16-24(17-19-26)31-30(34)28(22-8-5-4-6-9-22)36-27-11-7-10-25(20-27)32-29(33)23-14-12-21(2)13-15-23/h4-20,28H,3H2,1-2H3,(H,31,34)(H,32,33). The van der Waals surface area contributed by atoms with Gasteiger partial charge in [-0.2, -0.15) is 0 Å². The molecule has 2 N–H and O–H groups in total. The molecule has 0 aliphatic heterocycles. The maximum atomic E-state index is 13.4. The third kappa shape index (κ3) is 6.77. The lowest BCUT2D eigenvalue weighted by Crippen LogP contribution is -2.19. The van der Waals surface area contributed by atoms with Crippen LogP contribution in [0.15, 0.2) is 108 Å². The maximum Gasteiger partial charge on any atom is 0.255 e. The maximum absolute atomic E-state index is 13.4. The number of hydrogen-bond acceptors (Lipinski definition) is 4. The van der Waals surface area contributed by atoms with Crippen LogP contribution in [-0.2, 0) is 4.79 Å². The van der Waals surface area contributed by atoms with Gasteiger partial charge in [-0.1, -0.05) is 54.1 Å². The molecule has 0 aromatic heterocycles. The zero-order chi connectivity index (χ0) is 25.3. The summed E-state index contributed by atoms with van der Waals surface area (Å²) in [5.41, 5.74) is 3.95. The Morgan fingerprint density at radius 2 is 1.53 bits per heavy atom. The number of amides is 2. The summed E-state index contributed by atoms with van der Waals surface area (Å²) in [6.07, 6.45) is 0. The van der Waals surface area contributed by atoms with Crippen molar-refractivity contribution >= 4 is 35.0 Å². The van der Waals surface area contributed by atoms with Gasteiger partial charge in [0.25, 0.3) is 5.91 Å². The van der Waals surface area contributed by atoms with Gasteiger partial charge < -0.3 is 15.4 Å². The normalized spacial score (nSPS) is 11.4. The van der Waals surface area contributed by atoms with Crippen LogP contribution in [0.25, 0.3) is 0 Å². The van der Waals surface area contributed by atoms with Crippen molar-refractivity contribution in [2.24, 2.45) is 0 Å². The molecule has 0 radical (unpaired) electrons. The molecule has 36 heavy (non-hydrogen) atoms. The van der Waals surface area contributed by atoms with Gasteiger partial charge in [0.1, 0.15) is 11.0 Å². The molecule has 0 saturated heterocycles. The number of ether oxygens (including phenoxy) is 1. The molecule has 0 aliphatic carbocycles. The number of hydrogen-bond donors (Lipinski definition) is 2. The highest BCUT2D eigenvalue weighted by molar-refractivity contribution is 8.00. The molecule has 0 fully saturated rings. The molecule has 0 aliphatic rings. The minimum Gasteiger partial charge on any atom is -0.494 e. The van der Waals surface area contributed by atoms with Crippen LogP contribution in [0.5, 0.6) is 5.75 Å². The summed E-state index contributed by atoms with van der Waals surface area (Å²) >= 11 is 1.43. The molecule has 0 saturated carbocycles. The third-order valence-corrected chi connectivity index (χ3v) is 6.68. The zero-order valence-electron chi connectivity index (χ0n) is 20.2. The molecule has 5 nitrogen and oxygen atoms in total. The molecule has 4 rings (SSSR count). The van der Waals surface area contributed by atoms with E-state index in [2.05, 4.69) is 10.6 Å². The number of carbonyl (C=O) groups is 2. The van der Waals surface area contributed by atoms with Crippen LogP contribution in [0.2, 0.25) is 0 Å². The first-order chi connectivity index (χ1) is 17.5. The summed E-state index contributed by atoms with van der Waals surface area (Å²) in [7, 11) is 0. The summed E-state index contributed by atoms with van der Waals surface area (Å²) in [6, 6.07) is 32.0. The second-order valence-corrected chi connectivity index (χ2v) is 9.38. The van der Waals surface area contributed by atoms with Crippen molar-refractivity contribution in [2.75, 3.05) is 17.2 Å². The van der Waals surface area contributed by atoms with Crippen LogP contribution in [-0.4, -0.2) is 18.4 Å². The zero-order valence-corrected chi connectivity index (χ0v) is 21.0. The van der Waals surface area contributed by atoms with Gasteiger partial charge in [0.15, 0.2) is 0 Å². The first-order valence-corrected chi connectivity index (χ1v) is 12.6. The van der Waals surface area contributed by atoms with Crippen molar-refractivity contribution in [1.82, 2.24) is 0 Å². The van der Waals surface area contributed by atoms with Gasteiger partial charge in [0.05, 0.1) is 6.61 Å². The summed E-state index contributed by atoms with van der Waals surface area (Å²) in [5.74, 6) is 0.448. The predicted octanol–water partition coefficient (Wildman–Crippen LogP) is 7.12. The first-order valence-electron chi connectivity index (χ1n) is 11.8. The molecule has 0 spiro atoms. The molecule has 1 atom stereocenters. The Bertz CT molecular complexity index is 1310. The quantitative estimate of drug-likeness (QED) is 0.242. The molecule has 4 aromatic carbocycles. The number of thioether (sulfide) groups is 1. The number of carbonyl (C=O) groups excluding carboxylic acids is 2. The summed E-state index contributed by atoms with van der Waals surface area (Å²) in [4.78, 5) is 26.9. The minimum atomic E-state index is -0.485. The van der Waals surface area contributed by atoms with Crippen molar-refractivity contribution in [1.29, 1.82) is 0 Å². The van der Waals surface area contributed by atoms with Gasteiger partial charge >= 0.3 is 0 Å². The fraction of sp³-hybridized carbons (Fsp3) is 0.133. The summed E-state index contributed by atoms with van der Waals surface area (Å²) in [6.45, 7) is 4.50. The van der Waals surface area contributed by atoms with E-state index in [1.165, 1.54) is 11.8 Å². The molecule has 6 heteroatoms. The molecule has 182 valence electrons. The van der Waals surface area contributed by atoms with Gasteiger partial charge in [-0.3, -0.25) is 9.59 Å². The SMILES string of the molecule is CCOc1ccc(NC(=O)C(Sc2cccc(NC(=O)c3ccc(C)cc3)c2)c2ccccc2)cc1. The van der Waals surface area contributed by atoms with Crippen molar-refractivity contribution in [3.8, 4) is 5.75 Å². The Labute approximate surface area is 215 Å². The van der Waals surface area contributed by atoms with Crippen LogP contribution in [0.4, 0.5) is 11.4 Å². The van der Waals surface area contributed by atoms with Gasteiger partial charge in [-0.15, -0.1) is 11.8 Å². The van der Waals surface area contributed by atoms with E-state index in [1.807, 2.05) is 105 Å². The van der Waals surface area contributed by atoms with E-state index >= 15 is 0 Å². The van der Waals surface area contributed by atoms with E-state index < -0.39 is 5.25 Å². The van der Waals surface area contributed by atoms with E-state index in [0.717, 1.165) is 21.8 Å². The Kier molecular flexibility index (Phi) is 8.42. The lowest BCUT2D eigenvalue weighted by atomic mass is 10.1. The second-order valence-electron chi connectivity index (χ2n) is 8.20. The first kappa shape index (κ1) is 25.1. The van der Waals surface area contributed by atoms with Crippen LogP contribution in [0, 0.1) is 6.92 Å². The smallest absolute Gasteiger partial charge is 0.255 e. The van der Waals surface area contributed by atoms with E-state index in [4.69, 9.17) is 4.74 Å². The monoisotopic (exact) mass is 496 g/mol. The largest absolute Gasteiger partial charge is 0.494 e. The van der Waals surface area contributed by atoms with E-state index in [-0.39, 0.29) is 11.8 Å². The highest BCUT2D eigenvalue weighted by atomic mass is 32.2. The van der Waals surface area contributed by atoms with Crippen LogP contribution >= 0.6 is 11.8 Å². The Balaban J connectivity index is 1.51. The van der Waals surface area contributed by atoms with Gasteiger partial charge in [0.2, 0.25) is 5.91 Å². The van der Waals surface area contributed by atoms with Gasteiger partial charge in [-0.05, 0) is 74.0 Å². The van der Waals surface area contributed by atoms with Crippen molar-refractivity contribution < 1.29 is 14.3 Å².